The number of halogens is 2. The van der Waals surface area contributed by atoms with Crippen LogP contribution >= 0.6 is 0 Å². The highest BCUT2D eigenvalue weighted by Gasteiger charge is 2.29. The van der Waals surface area contributed by atoms with Crippen molar-refractivity contribution in [2.24, 2.45) is 5.41 Å². The van der Waals surface area contributed by atoms with E-state index in [9.17, 15) is 23.5 Å². The van der Waals surface area contributed by atoms with Gasteiger partial charge in [0.25, 0.3) is 5.91 Å². The third-order valence-corrected chi connectivity index (χ3v) is 6.21. The Hall–Kier alpha value is -3.59. The molecule has 0 saturated carbocycles. The highest BCUT2D eigenvalue weighted by atomic mass is 19.2. The normalized spacial score (nSPS) is 13.1. The number of aliphatic hydroxyl groups excluding tert-OH is 1. The first-order valence-electron chi connectivity index (χ1n) is 11.7. The summed E-state index contributed by atoms with van der Waals surface area (Å²) in [5, 5.41) is 16.2. The molecule has 4 aromatic rings. The van der Waals surface area contributed by atoms with Gasteiger partial charge in [-0.15, -0.1) is 0 Å². The molecule has 0 bridgehead atoms. The molecule has 9 heteroatoms. The number of benzene rings is 2. The van der Waals surface area contributed by atoms with Gasteiger partial charge in [-0.2, -0.15) is 9.78 Å². The van der Waals surface area contributed by atoms with Crippen LogP contribution in [0.15, 0.2) is 36.5 Å². The first-order chi connectivity index (χ1) is 16.8. The fourth-order valence-corrected chi connectivity index (χ4v) is 4.51. The molecule has 2 heterocycles. The third kappa shape index (κ3) is 4.28. The van der Waals surface area contributed by atoms with E-state index in [4.69, 9.17) is 4.74 Å². The number of nitrogens with zero attached hydrogens (tertiary/aromatic N) is 3. The maximum Gasteiger partial charge on any atom is 0.335 e. The van der Waals surface area contributed by atoms with Crippen molar-refractivity contribution in [2.45, 2.75) is 53.1 Å². The van der Waals surface area contributed by atoms with Crippen molar-refractivity contribution in [3.05, 3.63) is 59.4 Å². The van der Waals surface area contributed by atoms with E-state index in [-0.39, 0.29) is 18.2 Å². The molecule has 2 aromatic carbocycles. The van der Waals surface area contributed by atoms with Crippen LogP contribution < -0.4 is 0 Å². The number of rotatable bonds is 5. The number of ether oxygens (including phenoxy) is 1. The summed E-state index contributed by atoms with van der Waals surface area (Å²) in [6.45, 7) is 9.27. The summed E-state index contributed by atoms with van der Waals surface area (Å²) in [5.41, 5.74) is 2.27. The van der Waals surface area contributed by atoms with E-state index in [0.717, 1.165) is 12.1 Å². The Balaban J connectivity index is 2.09. The Labute approximate surface area is 207 Å². The van der Waals surface area contributed by atoms with Gasteiger partial charge in [-0.05, 0) is 35.7 Å². The van der Waals surface area contributed by atoms with E-state index in [1.807, 2.05) is 19.9 Å². The Morgan fingerprint density at radius 3 is 2.36 bits per heavy atom. The lowest BCUT2D eigenvalue weighted by Crippen LogP contribution is -2.27. The monoisotopic (exact) mass is 497 g/mol. The molecule has 4 rings (SSSR count). The van der Waals surface area contributed by atoms with Crippen LogP contribution in [-0.2, 0) is 16.0 Å². The molecule has 0 radical (unpaired) electrons. The highest BCUT2D eigenvalue weighted by Crippen LogP contribution is 2.38. The molecule has 0 saturated heterocycles. The SMILES string of the molecule is COC(=O)[C@@H](O)Cc1c(C(C)C)n(-c2ccc(F)c(F)c2)c2cc3cnn(C(=O)C(C)(C)C)c3cc12. The second-order valence-electron chi connectivity index (χ2n) is 10.2. The van der Waals surface area contributed by atoms with Crippen LogP contribution in [0.1, 0.15) is 56.6 Å². The molecule has 7 nitrogen and oxygen atoms in total. The van der Waals surface area contributed by atoms with Crippen LogP contribution in [0.5, 0.6) is 0 Å². The minimum absolute atomic E-state index is 0.0692. The highest BCUT2D eigenvalue weighted by molar-refractivity contribution is 6.02. The summed E-state index contributed by atoms with van der Waals surface area (Å²) in [6, 6.07) is 7.26. The molecule has 0 amide bonds. The predicted molar refractivity (Wildman–Crippen MR) is 132 cm³/mol. The van der Waals surface area contributed by atoms with E-state index in [2.05, 4.69) is 5.10 Å². The number of carbonyl (C=O) groups excluding carboxylic acids is 2. The number of carbonyl (C=O) groups is 2. The van der Waals surface area contributed by atoms with Gasteiger partial charge in [-0.1, -0.05) is 34.6 Å². The molecular formula is C27H29F2N3O4. The summed E-state index contributed by atoms with van der Waals surface area (Å²) < 4.78 is 35.9. The topological polar surface area (TPSA) is 86.3 Å². The molecule has 2 aromatic heterocycles. The van der Waals surface area contributed by atoms with Crippen molar-refractivity contribution < 1.29 is 28.2 Å². The van der Waals surface area contributed by atoms with Crippen LogP contribution in [0.4, 0.5) is 8.78 Å². The number of hydrogen-bond donors (Lipinski definition) is 1. The van der Waals surface area contributed by atoms with Crippen molar-refractivity contribution in [3.63, 3.8) is 0 Å². The first-order valence-corrected chi connectivity index (χ1v) is 11.7. The third-order valence-electron chi connectivity index (χ3n) is 6.21. The zero-order valence-electron chi connectivity index (χ0n) is 21.1. The predicted octanol–water partition coefficient (Wildman–Crippen LogP) is 5.14. The number of fused-ring (bicyclic) bond motifs is 2. The van der Waals surface area contributed by atoms with Gasteiger partial charge in [0.2, 0.25) is 0 Å². The average Bonchev–Trinajstić information content (AvgIpc) is 3.36. The van der Waals surface area contributed by atoms with Crippen molar-refractivity contribution >= 4 is 33.7 Å². The van der Waals surface area contributed by atoms with Gasteiger partial charge in [0.15, 0.2) is 17.7 Å². The molecule has 0 aliphatic carbocycles. The van der Waals surface area contributed by atoms with Crippen molar-refractivity contribution in [3.8, 4) is 5.69 Å². The first kappa shape index (κ1) is 25.5. The molecule has 36 heavy (non-hydrogen) atoms. The van der Waals surface area contributed by atoms with Crippen LogP contribution in [-0.4, -0.2) is 44.5 Å². The second kappa shape index (κ2) is 9.13. The Morgan fingerprint density at radius 1 is 1.08 bits per heavy atom. The molecule has 0 spiro atoms. The molecule has 0 unspecified atom stereocenters. The number of hydrogen-bond acceptors (Lipinski definition) is 5. The van der Waals surface area contributed by atoms with Crippen LogP contribution in [0, 0.1) is 17.0 Å². The van der Waals surface area contributed by atoms with Crippen molar-refractivity contribution in [2.75, 3.05) is 7.11 Å². The van der Waals surface area contributed by atoms with Gasteiger partial charge in [0.05, 0.1) is 24.3 Å². The van der Waals surface area contributed by atoms with Gasteiger partial charge in [0.1, 0.15) is 0 Å². The molecule has 0 aliphatic rings. The summed E-state index contributed by atoms with van der Waals surface area (Å²) in [7, 11) is 1.19. The minimum atomic E-state index is -1.44. The number of methoxy groups -OCH3 is 1. The lowest BCUT2D eigenvalue weighted by molar-refractivity contribution is -0.150. The number of esters is 1. The summed E-state index contributed by atoms with van der Waals surface area (Å²) >= 11 is 0. The zero-order valence-corrected chi connectivity index (χ0v) is 21.1. The van der Waals surface area contributed by atoms with Crippen LogP contribution in [0.3, 0.4) is 0 Å². The Bertz CT molecular complexity index is 1490. The maximum atomic E-state index is 14.3. The van der Waals surface area contributed by atoms with Crippen molar-refractivity contribution in [1.82, 2.24) is 14.3 Å². The summed E-state index contributed by atoms with van der Waals surface area (Å²) in [5.74, 6) is -3.07. The molecular weight excluding hydrogens is 468 g/mol. The lowest BCUT2D eigenvalue weighted by atomic mass is 9.95. The molecule has 190 valence electrons. The zero-order chi connectivity index (χ0) is 26.5. The van der Waals surface area contributed by atoms with Crippen LogP contribution in [0.25, 0.3) is 27.5 Å². The minimum Gasteiger partial charge on any atom is -0.467 e. The maximum absolute atomic E-state index is 14.3. The van der Waals surface area contributed by atoms with Gasteiger partial charge in [-0.3, -0.25) is 4.79 Å². The summed E-state index contributed by atoms with van der Waals surface area (Å²) in [6.07, 6.45) is 0.0764. The van der Waals surface area contributed by atoms with Crippen LogP contribution in [0.2, 0.25) is 0 Å². The van der Waals surface area contributed by atoms with E-state index in [1.54, 1.807) is 37.6 Å². The fraction of sp³-hybridized carbons (Fsp3) is 0.370. The molecule has 1 N–H and O–H groups in total. The van der Waals surface area contributed by atoms with Crippen molar-refractivity contribution in [1.29, 1.82) is 0 Å². The van der Waals surface area contributed by atoms with E-state index in [0.29, 0.717) is 38.8 Å². The smallest absolute Gasteiger partial charge is 0.335 e. The fourth-order valence-electron chi connectivity index (χ4n) is 4.51. The Morgan fingerprint density at radius 2 is 1.78 bits per heavy atom. The Kier molecular flexibility index (Phi) is 6.47. The number of aliphatic hydroxyl groups is 1. The second-order valence-corrected chi connectivity index (χ2v) is 10.2. The van der Waals surface area contributed by atoms with Gasteiger partial charge < -0.3 is 14.4 Å². The molecule has 0 aliphatic heterocycles. The average molecular weight is 498 g/mol. The standard InChI is InChI=1S/C27H29F2N3O4/c1-14(2)24-18(12-23(33)25(34)36-6)17-11-21-15(13-30-32(21)26(35)27(3,4)5)9-22(17)31(24)16-7-8-19(28)20(29)10-16/h7-11,13-14,23,33H,12H2,1-6H3/t23-/m0/s1. The van der Waals surface area contributed by atoms with Gasteiger partial charge in [0, 0.05) is 40.1 Å². The van der Waals surface area contributed by atoms with Gasteiger partial charge in [-0.25, -0.2) is 13.6 Å². The van der Waals surface area contributed by atoms with E-state index >= 15 is 0 Å². The summed E-state index contributed by atoms with van der Waals surface area (Å²) in [4.78, 5) is 25.1. The number of aromatic nitrogens is 3. The molecule has 1 atom stereocenters. The quantitative estimate of drug-likeness (QED) is 0.386. The van der Waals surface area contributed by atoms with E-state index < -0.39 is 29.1 Å². The molecule has 0 fully saturated rings. The van der Waals surface area contributed by atoms with Gasteiger partial charge >= 0.3 is 5.97 Å². The lowest BCUT2D eigenvalue weighted by Gasteiger charge is -2.17. The van der Waals surface area contributed by atoms with E-state index in [1.165, 1.54) is 17.9 Å². The largest absolute Gasteiger partial charge is 0.467 e.